The van der Waals surface area contributed by atoms with E-state index in [0.29, 0.717) is 35.5 Å². The van der Waals surface area contributed by atoms with Crippen LogP contribution >= 0.6 is 0 Å². The third-order valence-electron chi connectivity index (χ3n) is 5.49. The van der Waals surface area contributed by atoms with Gasteiger partial charge in [0.1, 0.15) is 11.6 Å². The highest BCUT2D eigenvalue weighted by atomic mass is 19.1. The molecule has 0 saturated heterocycles. The number of amides is 1. The molecule has 0 saturated carbocycles. The second kappa shape index (κ2) is 9.28. The number of hydrogen-bond acceptors (Lipinski definition) is 5. The summed E-state index contributed by atoms with van der Waals surface area (Å²) < 4.78 is 26.0. The number of hydrogen-bond donors (Lipinski definition) is 1. The lowest BCUT2D eigenvalue weighted by molar-refractivity contribution is -0.144. The number of fused-ring (bicyclic) bond motifs is 1. The van der Waals surface area contributed by atoms with Crippen LogP contribution in [0.4, 0.5) is 10.1 Å². The van der Waals surface area contributed by atoms with E-state index in [9.17, 15) is 18.8 Å². The number of Topliss-reactive ketones (excluding diaryl/α,β-unsaturated/α-hetero) is 1. The second-order valence-electron chi connectivity index (χ2n) is 7.84. The smallest absolute Gasteiger partial charge is 0.344 e. The zero-order valence-corrected chi connectivity index (χ0v) is 18.3. The molecule has 4 rings (SSSR count). The molecule has 0 radical (unpaired) electrons. The molecule has 1 amide bonds. The number of nitrogens with one attached hydrogen (secondary N) is 1. The van der Waals surface area contributed by atoms with Gasteiger partial charge in [-0.15, -0.1) is 0 Å². The molecule has 1 N–H and O–H groups in total. The van der Waals surface area contributed by atoms with E-state index in [1.54, 1.807) is 47.9 Å². The largest absolute Gasteiger partial charge is 0.482 e. The highest BCUT2D eigenvalue weighted by molar-refractivity contribution is 5.99. The van der Waals surface area contributed by atoms with Crippen molar-refractivity contribution in [2.45, 2.75) is 26.7 Å². The van der Waals surface area contributed by atoms with Gasteiger partial charge in [0.2, 0.25) is 11.7 Å². The number of halogens is 1. The number of carbonyl (C=O) groups is 3. The Labute approximate surface area is 190 Å². The minimum Gasteiger partial charge on any atom is -0.482 e. The fraction of sp³-hybridized carbons (Fsp3) is 0.240. The Balaban J connectivity index is 1.34. The van der Waals surface area contributed by atoms with Crippen LogP contribution in [-0.2, 0) is 20.7 Å². The van der Waals surface area contributed by atoms with Crippen molar-refractivity contribution in [2.24, 2.45) is 0 Å². The Bertz CT molecular complexity index is 1250. The molecule has 1 aliphatic rings. The maximum absolute atomic E-state index is 13.6. The Hall–Kier alpha value is -3.94. The molecule has 2 heterocycles. The molecule has 33 heavy (non-hydrogen) atoms. The topological polar surface area (TPSA) is 86.6 Å². The standard InChI is InChI=1S/C25H23FN2O5/c1-15-10-21(16(2)28(15)19-5-3-4-18(26)12-19)23(29)13-33-25(31)14-32-20-7-8-22-17(11-20)6-9-24(30)27-22/h3-5,7-8,10-12H,6,9,13-14H2,1-2H3,(H,27,30). The van der Waals surface area contributed by atoms with E-state index in [-0.39, 0.29) is 24.1 Å². The van der Waals surface area contributed by atoms with Gasteiger partial charge in [0, 0.05) is 34.7 Å². The molecule has 0 unspecified atom stereocenters. The van der Waals surface area contributed by atoms with Crippen molar-refractivity contribution in [1.29, 1.82) is 0 Å². The van der Waals surface area contributed by atoms with Gasteiger partial charge in [-0.05, 0) is 68.3 Å². The molecule has 0 atom stereocenters. The number of esters is 1. The van der Waals surface area contributed by atoms with Gasteiger partial charge in [0.25, 0.3) is 0 Å². The van der Waals surface area contributed by atoms with Crippen molar-refractivity contribution in [3.63, 3.8) is 0 Å². The Morgan fingerprint density at radius 2 is 1.88 bits per heavy atom. The predicted molar refractivity (Wildman–Crippen MR) is 119 cm³/mol. The van der Waals surface area contributed by atoms with Gasteiger partial charge in [-0.1, -0.05) is 6.07 Å². The van der Waals surface area contributed by atoms with Crippen LogP contribution in [0.5, 0.6) is 5.75 Å². The summed E-state index contributed by atoms with van der Waals surface area (Å²) in [5.74, 6) is -0.949. The molecule has 2 aromatic carbocycles. The van der Waals surface area contributed by atoms with Gasteiger partial charge in [0.15, 0.2) is 13.2 Å². The molecule has 8 heteroatoms. The van der Waals surface area contributed by atoms with Crippen LogP contribution in [0.2, 0.25) is 0 Å². The van der Waals surface area contributed by atoms with E-state index in [1.807, 2.05) is 6.92 Å². The number of ether oxygens (including phenoxy) is 2. The summed E-state index contributed by atoms with van der Waals surface area (Å²) in [5, 5.41) is 2.78. The number of anilines is 1. The van der Waals surface area contributed by atoms with Gasteiger partial charge >= 0.3 is 5.97 Å². The summed E-state index contributed by atoms with van der Waals surface area (Å²) in [5.41, 5.74) is 4.09. The number of rotatable bonds is 7. The van der Waals surface area contributed by atoms with Gasteiger partial charge in [-0.3, -0.25) is 9.59 Å². The SMILES string of the molecule is Cc1cc(C(=O)COC(=O)COc2ccc3c(c2)CCC(=O)N3)c(C)n1-c1cccc(F)c1. The lowest BCUT2D eigenvalue weighted by Gasteiger charge is -2.17. The van der Waals surface area contributed by atoms with Gasteiger partial charge in [-0.25, -0.2) is 9.18 Å². The monoisotopic (exact) mass is 450 g/mol. The van der Waals surface area contributed by atoms with Crippen LogP contribution in [0.25, 0.3) is 5.69 Å². The number of aryl methyl sites for hydroxylation is 2. The number of nitrogens with zero attached hydrogens (tertiary/aromatic N) is 1. The van der Waals surface area contributed by atoms with Crippen LogP contribution < -0.4 is 10.1 Å². The molecule has 1 aliphatic heterocycles. The maximum Gasteiger partial charge on any atom is 0.344 e. The lowest BCUT2D eigenvalue weighted by atomic mass is 10.0. The first-order valence-corrected chi connectivity index (χ1v) is 10.5. The van der Waals surface area contributed by atoms with Crippen LogP contribution in [0, 0.1) is 19.7 Å². The van der Waals surface area contributed by atoms with Crippen LogP contribution in [0.3, 0.4) is 0 Å². The average Bonchev–Trinajstić information content (AvgIpc) is 3.09. The van der Waals surface area contributed by atoms with Crippen LogP contribution in [0.1, 0.15) is 33.7 Å². The molecule has 7 nitrogen and oxygen atoms in total. The van der Waals surface area contributed by atoms with Crippen LogP contribution in [0.15, 0.2) is 48.5 Å². The summed E-state index contributed by atoms with van der Waals surface area (Å²) >= 11 is 0. The molecule has 0 fully saturated rings. The molecule has 0 bridgehead atoms. The van der Waals surface area contributed by atoms with Gasteiger partial charge in [-0.2, -0.15) is 0 Å². The minimum absolute atomic E-state index is 0.0267. The molecule has 170 valence electrons. The Morgan fingerprint density at radius 3 is 2.67 bits per heavy atom. The highest BCUT2D eigenvalue weighted by Gasteiger charge is 2.19. The predicted octanol–water partition coefficient (Wildman–Crippen LogP) is 3.92. The van der Waals surface area contributed by atoms with E-state index < -0.39 is 12.6 Å². The van der Waals surface area contributed by atoms with Gasteiger partial charge < -0.3 is 19.4 Å². The third kappa shape index (κ3) is 4.95. The number of carbonyl (C=O) groups excluding carboxylic acids is 3. The molecule has 3 aromatic rings. The summed E-state index contributed by atoms with van der Waals surface area (Å²) in [7, 11) is 0. The van der Waals surface area contributed by atoms with E-state index >= 15 is 0 Å². The average molecular weight is 450 g/mol. The van der Waals surface area contributed by atoms with Crippen molar-refractivity contribution in [2.75, 3.05) is 18.5 Å². The highest BCUT2D eigenvalue weighted by Crippen LogP contribution is 2.27. The normalized spacial score (nSPS) is 12.6. The Kier molecular flexibility index (Phi) is 6.26. The Morgan fingerprint density at radius 1 is 1.06 bits per heavy atom. The summed E-state index contributed by atoms with van der Waals surface area (Å²) in [6.07, 6.45) is 1.01. The van der Waals surface area contributed by atoms with Crippen molar-refractivity contribution >= 4 is 23.3 Å². The molecule has 0 spiro atoms. The van der Waals surface area contributed by atoms with Crippen molar-refractivity contribution in [1.82, 2.24) is 4.57 Å². The van der Waals surface area contributed by atoms with E-state index in [0.717, 1.165) is 16.9 Å². The molecule has 1 aromatic heterocycles. The van der Waals surface area contributed by atoms with E-state index in [4.69, 9.17) is 9.47 Å². The fourth-order valence-electron chi connectivity index (χ4n) is 3.91. The summed E-state index contributed by atoms with van der Waals surface area (Å²) in [6.45, 7) is 2.81. The minimum atomic E-state index is -0.673. The number of benzene rings is 2. The van der Waals surface area contributed by atoms with E-state index in [1.165, 1.54) is 12.1 Å². The first-order chi connectivity index (χ1) is 15.8. The number of ketones is 1. The third-order valence-corrected chi connectivity index (χ3v) is 5.49. The molecular formula is C25H23FN2O5. The molecular weight excluding hydrogens is 427 g/mol. The fourth-order valence-corrected chi connectivity index (χ4v) is 3.91. The van der Waals surface area contributed by atoms with Crippen molar-refractivity contribution in [3.05, 3.63) is 76.9 Å². The zero-order valence-electron chi connectivity index (χ0n) is 18.3. The first kappa shape index (κ1) is 22.3. The quantitative estimate of drug-likeness (QED) is 0.436. The molecule has 0 aliphatic carbocycles. The summed E-state index contributed by atoms with van der Waals surface area (Å²) in [4.78, 5) is 36.2. The summed E-state index contributed by atoms with van der Waals surface area (Å²) in [6, 6.07) is 12.9. The van der Waals surface area contributed by atoms with Crippen molar-refractivity contribution in [3.8, 4) is 11.4 Å². The lowest BCUT2D eigenvalue weighted by Crippen LogP contribution is -2.20. The maximum atomic E-state index is 13.6. The zero-order chi connectivity index (χ0) is 23.5. The van der Waals surface area contributed by atoms with E-state index in [2.05, 4.69) is 5.32 Å². The number of aromatic nitrogens is 1. The second-order valence-corrected chi connectivity index (χ2v) is 7.84. The first-order valence-electron chi connectivity index (χ1n) is 10.5. The van der Waals surface area contributed by atoms with Crippen LogP contribution in [-0.4, -0.2) is 35.4 Å². The van der Waals surface area contributed by atoms with Crippen molar-refractivity contribution < 1.29 is 28.2 Å². The van der Waals surface area contributed by atoms with Gasteiger partial charge in [0.05, 0.1) is 0 Å².